The van der Waals surface area contributed by atoms with Crippen LogP contribution < -0.4 is 10.6 Å². The van der Waals surface area contributed by atoms with Gasteiger partial charge in [0.05, 0.1) is 5.56 Å². The number of rotatable bonds is 6. The molecule has 1 rings (SSSR count). The normalized spacial score (nSPS) is 13.3. The van der Waals surface area contributed by atoms with Crippen molar-refractivity contribution in [1.82, 2.24) is 5.32 Å². The largest absolute Gasteiger partial charge is 0.478 e. The van der Waals surface area contributed by atoms with Crippen molar-refractivity contribution >= 4 is 28.5 Å². The minimum Gasteiger partial charge on any atom is -0.478 e. The fraction of sp³-hybridized carbons (Fsp3) is 0.429. The summed E-state index contributed by atoms with van der Waals surface area (Å²) in [5, 5.41) is 14.4. The molecule has 116 valence electrons. The Morgan fingerprint density at radius 3 is 2.62 bits per heavy atom. The van der Waals surface area contributed by atoms with E-state index in [1.807, 2.05) is 6.92 Å². The number of nitrogens with one attached hydrogen (secondary N) is 2. The molecule has 2 amide bonds. The highest BCUT2D eigenvalue weighted by Crippen LogP contribution is 2.18. The first-order valence-electron chi connectivity index (χ1n) is 6.51. The van der Waals surface area contributed by atoms with Gasteiger partial charge in [-0.2, -0.15) is 0 Å². The van der Waals surface area contributed by atoms with Gasteiger partial charge in [-0.3, -0.25) is 4.21 Å². The summed E-state index contributed by atoms with van der Waals surface area (Å²) in [5.41, 5.74) is 1.11. The van der Waals surface area contributed by atoms with Crippen LogP contribution in [0.15, 0.2) is 18.2 Å². The lowest BCUT2D eigenvalue weighted by atomic mass is 10.1. The van der Waals surface area contributed by atoms with Crippen molar-refractivity contribution in [3.63, 3.8) is 0 Å². The van der Waals surface area contributed by atoms with Crippen molar-refractivity contribution < 1.29 is 18.9 Å². The summed E-state index contributed by atoms with van der Waals surface area (Å²) < 4.78 is 11.0. The number of carbonyl (C=O) groups is 2. The van der Waals surface area contributed by atoms with Crippen LogP contribution >= 0.6 is 0 Å². The molecular formula is C14H20N2O4S. The third-order valence-electron chi connectivity index (χ3n) is 3.03. The number of carboxylic acid groups (broad SMARTS) is 1. The Bertz CT molecular complexity index is 560. The Kier molecular flexibility index (Phi) is 6.36. The van der Waals surface area contributed by atoms with Gasteiger partial charge in [-0.1, -0.05) is 6.07 Å². The lowest BCUT2D eigenvalue weighted by molar-refractivity contribution is 0.0696. The molecule has 2 atom stereocenters. The highest BCUT2D eigenvalue weighted by molar-refractivity contribution is 7.84. The van der Waals surface area contributed by atoms with Gasteiger partial charge in [-0.25, -0.2) is 9.59 Å². The van der Waals surface area contributed by atoms with Crippen molar-refractivity contribution in [2.24, 2.45) is 0 Å². The van der Waals surface area contributed by atoms with Crippen LogP contribution in [-0.4, -0.2) is 39.4 Å². The number of aromatic carboxylic acids is 1. The van der Waals surface area contributed by atoms with Gasteiger partial charge in [0.1, 0.15) is 0 Å². The quantitative estimate of drug-likeness (QED) is 0.748. The van der Waals surface area contributed by atoms with Crippen LogP contribution in [0.25, 0.3) is 0 Å². The van der Waals surface area contributed by atoms with Crippen molar-refractivity contribution in [2.45, 2.75) is 26.3 Å². The standard InChI is InChI=1S/C14H20N2O4S/c1-9(7-8-21(3)20)15-14(19)16-12-6-4-5-11(10(12)2)13(17)18/h4-6,9H,7-8H2,1-3H3,(H,17,18)(H2,15,16,19). The molecule has 21 heavy (non-hydrogen) atoms. The van der Waals surface area contributed by atoms with Gasteiger partial charge in [-0.15, -0.1) is 0 Å². The number of carbonyl (C=O) groups excluding carboxylic acids is 1. The predicted molar refractivity (Wildman–Crippen MR) is 83.3 cm³/mol. The first-order chi connectivity index (χ1) is 9.81. The zero-order valence-electron chi connectivity index (χ0n) is 12.3. The number of urea groups is 1. The molecule has 6 nitrogen and oxygen atoms in total. The van der Waals surface area contributed by atoms with Crippen molar-refractivity contribution in [3.8, 4) is 0 Å². The zero-order valence-corrected chi connectivity index (χ0v) is 13.1. The van der Waals surface area contributed by atoms with E-state index in [0.717, 1.165) is 0 Å². The Morgan fingerprint density at radius 2 is 2.05 bits per heavy atom. The van der Waals surface area contributed by atoms with Crippen LogP contribution in [0.4, 0.5) is 10.5 Å². The van der Waals surface area contributed by atoms with Crippen LogP contribution in [0.3, 0.4) is 0 Å². The summed E-state index contributed by atoms with van der Waals surface area (Å²) in [5.74, 6) is -0.509. The van der Waals surface area contributed by atoms with E-state index in [1.54, 1.807) is 25.3 Å². The molecule has 0 saturated heterocycles. The molecule has 0 aliphatic heterocycles. The van der Waals surface area contributed by atoms with Gasteiger partial charge in [0.2, 0.25) is 0 Å². The number of anilines is 1. The second kappa shape index (κ2) is 7.78. The van der Waals surface area contributed by atoms with E-state index >= 15 is 0 Å². The van der Waals surface area contributed by atoms with E-state index in [0.29, 0.717) is 23.4 Å². The summed E-state index contributed by atoms with van der Waals surface area (Å²) >= 11 is 0. The van der Waals surface area contributed by atoms with Crippen LogP contribution in [0.1, 0.15) is 29.3 Å². The Hall–Kier alpha value is -1.89. The molecular weight excluding hydrogens is 292 g/mol. The fourth-order valence-corrected chi connectivity index (χ4v) is 2.49. The first kappa shape index (κ1) is 17.2. The van der Waals surface area contributed by atoms with Gasteiger partial charge < -0.3 is 15.7 Å². The van der Waals surface area contributed by atoms with E-state index in [9.17, 15) is 13.8 Å². The fourth-order valence-electron chi connectivity index (χ4n) is 1.80. The molecule has 2 unspecified atom stereocenters. The molecule has 0 spiro atoms. The number of amides is 2. The molecule has 0 radical (unpaired) electrons. The number of benzene rings is 1. The highest BCUT2D eigenvalue weighted by atomic mass is 32.2. The average molecular weight is 312 g/mol. The molecule has 3 N–H and O–H groups in total. The monoisotopic (exact) mass is 312 g/mol. The van der Waals surface area contributed by atoms with Crippen LogP contribution in [0.2, 0.25) is 0 Å². The lowest BCUT2D eigenvalue weighted by Gasteiger charge is -2.15. The second-order valence-corrected chi connectivity index (χ2v) is 6.40. The highest BCUT2D eigenvalue weighted by Gasteiger charge is 2.13. The van der Waals surface area contributed by atoms with Gasteiger partial charge in [0.25, 0.3) is 0 Å². The molecule has 0 heterocycles. The first-order valence-corrected chi connectivity index (χ1v) is 8.24. The molecule has 0 bridgehead atoms. The van der Waals surface area contributed by atoms with Gasteiger partial charge in [-0.05, 0) is 38.0 Å². The third-order valence-corrected chi connectivity index (χ3v) is 3.84. The molecule has 0 aromatic heterocycles. The van der Waals surface area contributed by atoms with E-state index in [-0.39, 0.29) is 11.6 Å². The van der Waals surface area contributed by atoms with Gasteiger partial charge in [0, 0.05) is 34.5 Å². The molecule has 0 aliphatic carbocycles. The summed E-state index contributed by atoms with van der Waals surface area (Å²) in [7, 11) is -0.888. The number of hydrogen-bond donors (Lipinski definition) is 3. The van der Waals surface area contributed by atoms with Crippen LogP contribution in [0.5, 0.6) is 0 Å². The summed E-state index contributed by atoms with van der Waals surface area (Å²) in [6, 6.07) is 4.19. The summed E-state index contributed by atoms with van der Waals surface area (Å²) in [4.78, 5) is 22.9. The molecule has 1 aromatic rings. The van der Waals surface area contributed by atoms with E-state index in [1.165, 1.54) is 6.07 Å². The SMILES string of the molecule is Cc1c(NC(=O)NC(C)CCS(C)=O)cccc1C(=O)O. The van der Waals surface area contributed by atoms with E-state index in [4.69, 9.17) is 5.11 Å². The maximum Gasteiger partial charge on any atom is 0.336 e. The minimum absolute atomic E-state index is 0.114. The third kappa shape index (κ3) is 5.55. The Labute approximate surface area is 126 Å². The number of hydrogen-bond acceptors (Lipinski definition) is 3. The lowest BCUT2D eigenvalue weighted by Crippen LogP contribution is -2.37. The second-order valence-electron chi connectivity index (χ2n) is 4.85. The smallest absolute Gasteiger partial charge is 0.336 e. The van der Waals surface area contributed by atoms with Crippen LogP contribution in [0, 0.1) is 6.92 Å². The average Bonchev–Trinajstić information content (AvgIpc) is 2.38. The maximum atomic E-state index is 11.9. The van der Waals surface area contributed by atoms with Crippen LogP contribution in [-0.2, 0) is 10.8 Å². The Morgan fingerprint density at radius 1 is 1.38 bits per heavy atom. The maximum absolute atomic E-state index is 11.9. The molecule has 7 heteroatoms. The van der Waals surface area contributed by atoms with E-state index < -0.39 is 22.8 Å². The van der Waals surface area contributed by atoms with Crippen molar-refractivity contribution in [3.05, 3.63) is 29.3 Å². The molecule has 0 fully saturated rings. The number of carboxylic acids is 1. The van der Waals surface area contributed by atoms with E-state index in [2.05, 4.69) is 10.6 Å². The van der Waals surface area contributed by atoms with Gasteiger partial charge >= 0.3 is 12.0 Å². The van der Waals surface area contributed by atoms with Gasteiger partial charge in [0.15, 0.2) is 0 Å². The molecule has 1 aromatic carbocycles. The summed E-state index contributed by atoms with van der Waals surface area (Å²) in [6.07, 6.45) is 2.23. The van der Waals surface area contributed by atoms with Crippen molar-refractivity contribution in [1.29, 1.82) is 0 Å². The predicted octanol–water partition coefficient (Wildman–Crippen LogP) is 1.97. The molecule has 0 saturated carbocycles. The zero-order chi connectivity index (χ0) is 16.0. The molecule has 0 aliphatic rings. The van der Waals surface area contributed by atoms with Crippen molar-refractivity contribution in [2.75, 3.05) is 17.3 Å². The minimum atomic E-state index is -1.03. The Balaban J connectivity index is 2.65. The topological polar surface area (TPSA) is 95.5 Å². The summed E-state index contributed by atoms with van der Waals surface area (Å²) in [6.45, 7) is 3.47.